The number of ether oxygens (including phenoxy) is 1. The van der Waals surface area contributed by atoms with Crippen LogP contribution >= 0.6 is 0 Å². The third-order valence-corrected chi connectivity index (χ3v) is 2.77. The number of carbonyl (C=O) groups is 3. The second-order valence-electron chi connectivity index (χ2n) is 3.98. The van der Waals surface area contributed by atoms with Crippen LogP contribution in [0.15, 0.2) is 0 Å². The van der Waals surface area contributed by atoms with Crippen LogP contribution in [0.2, 0.25) is 0 Å². The van der Waals surface area contributed by atoms with Crippen molar-refractivity contribution in [2.24, 2.45) is 5.92 Å². The van der Waals surface area contributed by atoms with Crippen LogP contribution in [0.25, 0.3) is 0 Å². The molecule has 0 aromatic carbocycles. The average Bonchev–Trinajstić information content (AvgIpc) is 2.28. The maximum atomic E-state index is 11.4. The van der Waals surface area contributed by atoms with Gasteiger partial charge in [0.2, 0.25) is 5.91 Å². The van der Waals surface area contributed by atoms with E-state index < -0.39 is 12.4 Å². The van der Waals surface area contributed by atoms with Crippen LogP contribution in [-0.2, 0) is 19.1 Å². The van der Waals surface area contributed by atoms with Gasteiger partial charge < -0.3 is 14.7 Å². The fraction of sp³-hybridized carbons (Fsp3) is 0.727. The Morgan fingerprint density at radius 3 is 2.35 bits per heavy atom. The van der Waals surface area contributed by atoms with E-state index in [1.165, 1.54) is 4.90 Å². The molecule has 1 N–H and O–H groups in total. The highest BCUT2D eigenvalue weighted by atomic mass is 16.5. The van der Waals surface area contributed by atoms with E-state index in [2.05, 4.69) is 0 Å². The lowest BCUT2D eigenvalue weighted by atomic mass is 9.97. The predicted octanol–water partition coefficient (Wildman–Crippen LogP) is 0.263. The van der Waals surface area contributed by atoms with Crippen LogP contribution in [0.4, 0.5) is 0 Å². The molecule has 0 radical (unpaired) electrons. The van der Waals surface area contributed by atoms with E-state index in [0.717, 1.165) is 0 Å². The summed E-state index contributed by atoms with van der Waals surface area (Å²) < 4.78 is 4.91. The summed E-state index contributed by atoms with van der Waals surface area (Å²) >= 11 is 0. The summed E-state index contributed by atoms with van der Waals surface area (Å²) in [6.07, 6.45) is 0.610. The van der Waals surface area contributed by atoms with Crippen LogP contribution in [0.3, 0.4) is 0 Å². The fourth-order valence-corrected chi connectivity index (χ4v) is 1.87. The first-order chi connectivity index (χ1) is 8.04. The Hall–Kier alpha value is -1.59. The first-order valence-corrected chi connectivity index (χ1v) is 5.70. The Balaban J connectivity index is 2.37. The van der Waals surface area contributed by atoms with Crippen molar-refractivity contribution >= 4 is 17.8 Å². The number of piperidine rings is 1. The van der Waals surface area contributed by atoms with Crippen molar-refractivity contribution in [2.45, 2.75) is 26.2 Å². The third-order valence-electron chi connectivity index (χ3n) is 2.77. The van der Waals surface area contributed by atoms with Crippen molar-refractivity contribution in [3.63, 3.8) is 0 Å². The minimum Gasteiger partial charge on any atom is -0.481 e. The van der Waals surface area contributed by atoms with E-state index in [9.17, 15) is 14.4 Å². The Morgan fingerprint density at radius 2 is 1.88 bits per heavy atom. The van der Waals surface area contributed by atoms with Gasteiger partial charge in [-0.15, -0.1) is 0 Å². The van der Waals surface area contributed by atoms with Crippen molar-refractivity contribution in [3.8, 4) is 0 Å². The monoisotopic (exact) mass is 243 g/mol. The van der Waals surface area contributed by atoms with Crippen LogP contribution < -0.4 is 0 Å². The number of hydrogen-bond acceptors (Lipinski definition) is 4. The highest BCUT2D eigenvalue weighted by Gasteiger charge is 2.28. The maximum Gasteiger partial charge on any atom is 0.312 e. The molecule has 1 saturated heterocycles. The zero-order chi connectivity index (χ0) is 12.8. The quantitative estimate of drug-likeness (QED) is 0.565. The zero-order valence-electron chi connectivity index (χ0n) is 9.85. The van der Waals surface area contributed by atoms with Gasteiger partial charge >= 0.3 is 11.9 Å². The van der Waals surface area contributed by atoms with Crippen molar-refractivity contribution in [3.05, 3.63) is 0 Å². The molecule has 1 amide bonds. The molecule has 0 aromatic heterocycles. The molecule has 17 heavy (non-hydrogen) atoms. The molecule has 0 aromatic rings. The number of nitrogens with zero attached hydrogens (tertiary/aromatic N) is 1. The summed E-state index contributed by atoms with van der Waals surface area (Å²) in [4.78, 5) is 34.8. The van der Waals surface area contributed by atoms with Gasteiger partial charge in [-0.05, 0) is 19.8 Å². The molecule has 1 heterocycles. The standard InChI is InChI=1S/C11H17NO5/c1-2-17-11(16)8-3-5-12(6-4-8)9(13)7-10(14)15/h8H,2-7H2,1H3,(H,14,15). The number of aliphatic carboxylic acids is 1. The van der Waals surface area contributed by atoms with Crippen LogP contribution in [0.5, 0.6) is 0 Å². The van der Waals surface area contributed by atoms with Crippen molar-refractivity contribution in [2.75, 3.05) is 19.7 Å². The van der Waals surface area contributed by atoms with Gasteiger partial charge in [0, 0.05) is 13.1 Å². The minimum atomic E-state index is -1.12. The van der Waals surface area contributed by atoms with Crippen LogP contribution in [0, 0.1) is 5.92 Å². The lowest BCUT2D eigenvalue weighted by Gasteiger charge is -2.30. The van der Waals surface area contributed by atoms with E-state index in [0.29, 0.717) is 32.5 Å². The lowest BCUT2D eigenvalue weighted by Crippen LogP contribution is -2.41. The van der Waals surface area contributed by atoms with E-state index in [-0.39, 0.29) is 17.8 Å². The number of esters is 1. The smallest absolute Gasteiger partial charge is 0.312 e. The van der Waals surface area contributed by atoms with E-state index in [1.807, 2.05) is 0 Å². The number of carbonyl (C=O) groups excluding carboxylic acids is 2. The Kier molecular flexibility index (Phi) is 4.93. The van der Waals surface area contributed by atoms with Gasteiger partial charge in [0.1, 0.15) is 6.42 Å². The third kappa shape index (κ3) is 4.05. The van der Waals surface area contributed by atoms with Crippen molar-refractivity contribution < 1.29 is 24.2 Å². The summed E-state index contributed by atoms with van der Waals surface area (Å²) in [5.74, 6) is -1.90. The number of amides is 1. The number of carboxylic acids is 1. The first-order valence-electron chi connectivity index (χ1n) is 5.70. The molecule has 1 aliphatic heterocycles. The molecule has 0 bridgehead atoms. The van der Waals surface area contributed by atoms with Crippen molar-refractivity contribution in [1.29, 1.82) is 0 Å². The van der Waals surface area contributed by atoms with E-state index >= 15 is 0 Å². The fourth-order valence-electron chi connectivity index (χ4n) is 1.87. The van der Waals surface area contributed by atoms with Gasteiger partial charge in [-0.1, -0.05) is 0 Å². The highest BCUT2D eigenvalue weighted by Crippen LogP contribution is 2.19. The molecule has 96 valence electrons. The Labute approximate surface area is 99.5 Å². The molecule has 1 rings (SSSR count). The molecular formula is C11H17NO5. The van der Waals surface area contributed by atoms with E-state index in [4.69, 9.17) is 9.84 Å². The minimum absolute atomic E-state index is 0.163. The zero-order valence-corrected chi connectivity index (χ0v) is 9.85. The van der Waals surface area contributed by atoms with E-state index in [1.54, 1.807) is 6.92 Å². The Bertz CT molecular complexity index is 307. The highest BCUT2D eigenvalue weighted by molar-refractivity contribution is 5.93. The lowest BCUT2D eigenvalue weighted by molar-refractivity contribution is -0.152. The molecular weight excluding hydrogens is 226 g/mol. The topological polar surface area (TPSA) is 83.9 Å². The van der Waals surface area contributed by atoms with Crippen LogP contribution in [-0.4, -0.2) is 47.5 Å². The molecule has 6 heteroatoms. The predicted molar refractivity (Wildman–Crippen MR) is 58.2 cm³/mol. The van der Waals surface area contributed by atoms with Gasteiger partial charge in [0.25, 0.3) is 0 Å². The normalized spacial score (nSPS) is 16.6. The molecule has 0 unspecified atom stereocenters. The average molecular weight is 243 g/mol. The number of hydrogen-bond donors (Lipinski definition) is 1. The molecule has 1 aliphatic rings. The summed E-state index contributed by atoms with van der Waals surface area (Å²) in [5, 5.41) is 8.50. The van der Waals surface area contributed by atoms with Crippen molar-refractivity contribution in [1.82, 2.24) is 4.90 Å². The molecule has 0 saturated carbocycles. The largest absolute Gasteiger partial charge is 0.481 e. The second kappa shape index (κ2) is 6.22. The summed E-state index contributed by atoms with van der Waals surface area (Å²) in [6, 6.07) is 0. The first kappa shape index (κ1) is 13.5. The molecule has 0 spiro atoms. The van der Waals surface area contributed by atoms with Gasteiger partial charge in [0.05, 0.1) is 12.5 Å². The molecule has 1 fully saturated rings. The molecule has 6 nitrogen and oxygen atoms in total. The summed E-state index contributed by atoms with van der Waals surface area (Å²) in [6.45, 7) is 2.96. The Morgan fingerprint density at radius 1 is 1.29 bits per heavy atom. The summed E-state index contributed by atoms with van der Waals surface area (Å²) in [7, 11) is 0. The molecule has 0 atom stereocenters. The maximum absolute atomic E-state index is 11.4. The summed E-state index contributed by atoms with van der Waals surface area (Å²) in [5.41, 5.74) is 0. The number of carboxylic acid groups (broad SMARTS) is 1. The number of likely N-dealkylation sites (tertiary alicyclic amines) is 1. The van der Waals surface area contributed by atoms with Gasteiger partial charge in [0.15, 0.2) is 0 Å². The van der Waals surface area contributed by atoms with Gasteiger partial charge in [-0.3, -0.25) is 14.4 Å². The van der Waals surface area contributed by atoms with Crippen LogP contribution in [0.1, 0.15) is 26.2 Å². The number of rotatable bonds is 4. The SMILES string of the molecule is CCOC(=O)C1CCN(C(=O)CC(=O)O)CC1. The van der Waals surface area contributed by atoms with Gasteiger partial charge in [-0.2, -0.15) is 0 Å². The second-order valence-corrected chi connectivity index (χ2v) is 3.98. The van der Waals surface area contributed by atoms with Gasteiger partial charge in [-0.25, -0.2) is 0 Å². The molecule has 0 aliphatic carbocycles.